The average molecular weight is 286 g/mol. The lowest BCUT2D eigenvalue weighted by Gasteiger charge is -2.40. The van der Waals surface area contributed by atoms with Crippen molar-refractivity contribution in [2.24, 2.45) is 5.41 Å². The fraction of sp³-hybridized carbons (Fsp3) is 1.00. The molecule has 0 heterocycles. The molecule has 0 amide bonds. The smallest absolute Gasteiger partial charge is 0.0615 e. The molecule has 0 aromatic rings. The first-order valence-corrected chi connectivity index (χ1v) is 7.95. The molecule has 0 radical (unpaired) electrons. The summed E-state index contributed by atoms with van der Waals surface area (Å²) >= 11 is 0. The van der Waals surface area contributed by atoms with E-state index < -0.39 is 0 Å². The zero-order chi connectivity index (χ0) is 15.2. The van der Waals surface area contributed by atoms with E-state index in [1.54, 1.807) is 14.2 Å². The molecule has 3 atom stereocenters. The summed E-state index contributed by atoms with van der Waals surface area (Å²) in [5.41, 5.74) is 0.360. The predicted molar refractivity (Wildman–Crippen MR) is 84.2 cm³/mol. The molecule has 1 aliphatic carbocycles. The molecular weight excluding hydrogens is 252 g/mol. The minimum absolute atomic E-state index is 0.360. The van der Waals surface area contributed by atoms with Crippen LogP contribution in [0.2, 0.25) is 0 Å². The van der Waals surface area contributed by atoms with Gasteiger partial charge in [0, 0.05) is 38.9 Å². The highest BCUT2D eigenvalue weighted by Crippen LogP contribution is 2.40. The van der Waals surface area contributed by atoms with Crippen LogP contribution in [-0.4, -0.2) is 63.5 Å². The molecule has 0 aromatic heterocycles. The van der Waals surface area contributed by atoms with E-state index >= 15 is 0 Å². The summed E-state index contributed by atoms with van der Waals surface area (Å²) in [5, 5.41) is 3.72. The van der Waals surface area contributed by atoms with Crippen LogP contribution in [0.5, 0.6) is 0 Å². The maximum atomic E-state index is 5.37. The summed E-state index contributed by atoms with van der Waals surface area (Å²) in [5.74, 6) is 0. The fourth-order valence-electron chi connectivity index (χ4n) is 3.60. The Morgan fingerprint density at radius 1 is 1.30 bits per heavy atom. The maximum Gasteiger partial charge on any atom is 0.0615 e. The van der Waals surface area contributed by atoms with E-state index in [1.807, 2.05) is 0 Å². The van der Waals surface area contributed by atoms with Crippen molar-refractivity contribution in [3.63, 3.8) is 0 Å². The highest BCUT2D eigenvalue weighted by atomic mass is 16.5. The molecule has 0 aromatic carbocycles. The minimum Gasteiger partial charge on any atom is -0.383 e. The Bertz CT molecular complexity index is 271. The van der Waals surface area contributed by atoms with E-state index in [2.05, 4.69) is 37.9 Å². The molecule has 0 aliphatic heterocycles. The molecule has 0 bridgehead atoms. The average Bonchev–Trinajstić information content (AvgIpc) is 2.68. The molecule has 0 spiro atoms. The van der Waals surface area contributed by atoms with Crippen LogP contribution in [0, 0.1) is 5.41 Å². The second-order valence-corrected chi connectivity index (χ2v) is 6.66. The standard InChI is InChI=1S/C16H34N2O2/c1-7-17-15-14(8-9-16(15,3)4)18(10-11-19-5)13(2)12-20-6/h13-15,17H,7-12H2,1-6H3. The number of likely N-dealkylation sites (N-methyl/N-ethyl adjacent to an activating group) is 1. The third-order valence-corrected chi connectivity index (χ3v) is 4.69. The van der Waals surface area contributed by atoms with Gasteiger partial charge in [0.2, 0.25) is 0 Å². The van der Waals surface area contributed by atoms with Gasteiger partial charge in [-0.2, -0.15) is 0 Å². The Morgan fingerprint density at radius 3 is 2.55 bits per heavy atom. The van der Waals surface area contributed by atoms with Gasteiger partial charge in [-0.1, -0.05) is 20.8 Å². The van der Waals surface area contributed by atoms with Crippen LogP contribution in [0.15, 0.2) is 0 Å². The quantitative estimate of drug-likeness (QED) is 0.704. The lowest BCUT2D eigenvalue weighted by atomic mass is 9.86. The molecule has 1 N–H and O–H groups in total. The molecule has 1 saturated carbocycles. The number of methoxy groups -OCH3 is 2. The maximum absolute atomic E-state index is 5.37. The molecule has 1 aliphatic rings. The van der Waals surface area contributed by atoms with Gasteiger partial charge in [0.25, 0.3) is 0 Å². The Kier molecular flexibility index (Phi) is 7.45. The molecule has 20 heavy (non-hydrogen) atoms. The first-order chi connectivity index (χ1) is 9.47. The highest BCUT2D eigenvalue weighted by molar-refractivity contribution is 5.01. The van der Waals surface area contributed by atoms with Crippen LogP contribution in [0.3, 0.4) is 0 Å². The zero-order valence-corrected chi connectivity index (χ0v) is 14.2. The van der Waals surface area contributed by atoms with Crippen LogP contribution in [0.4, 0.5) is 0 Å². The molecule has 4 nitrogen and oxygen atoms in total. The summed E-state index contributed by atoms with van der Waals surface area (Å²) in [6.45, 7) is 12.8. The van der Waals surface area contributed by atoms with E-state index in [9.17, 15) is 0 Å². The first-order valence-electron chi connectivity index (χ1n) is 7.95. The number of hydrogen-bond donors (Lipinski definition) is 1. The van der Waals surface area contributed by atoms with Crippen molar-refractivity contribution < 1.29 is 9.47 Å². The third-order valence-electron chi connectivity index (χ3n) is 4.69. The summed E-state index contributed by atoms with van der Waals surface area (Å²) in [7, 11) is 3.56. The van der Waals surface area contributed by atoms with E-state index in [0.717, 1.165) is 26.3 Å². The van der Waals surface area contributed by atoms with Crippen molar-refractivity contribution in [1.82, 2.24) is 10.2 Å². The second-order valence-electron chi connectivity index (χ2n) is 6.66. The highest BCUT2D eigenvalue weighted by Gasteiger charge is 2.44. The van der Waals surface area contributed by atoms with Gasteiger partial charge in [-0.3, -0.25) is 4.90 Å². The van der Waals surface area contributed by atoms with Gasteiger partial charge in [-0.25, -0.2) is 0 Å². The summed E-state index contributed by atoms with van der Waals surface area (Å²) < 4.78 is 10.7. The van der Waals surface area contributed by atoms with E-state index in [4.69, 9.17) is 9.47 Å². The van der Waals surface area contributed by atoms with E-state index in [0.29, 0.717) is 23.5 Å². The van der Waals surface area contributed by atoms with Crippen LogP contribution in [-0.2, 0) is 9.47 Å². The molecule has 1 fully saturated rings. The number of nitrogens with zero attached hydrogens (tertiary/aromatic N) is 1. The van der Waals surface area contributed by atoms with Gasteiger partial charge in [-0.15, -0.1) is 0 Å². The molecular formula is C16H34N2O2. The number of nitrogens with one attached hydrogen (secondary N) is 1. The van der Waals surface area contributed by atoms with Crippen LogP contribution in [0.25, 0.3) is 0 Å². The van der Waals surface area contributed by atoms with E-state index in [-0.39, 0.29) is 0 Å². The summed E-state index contributed by atoms with van der Waals surface area (Å²) in [6.07, 6.45) is 2.53. The van der Waals surface area contributed by atoms with Crippen LogP contribution in [0.1, 0.15) is 40.5 Å². The van der Waals surface area contributed by atoms with Crippen molar-refractivity contribution in [2.45, 2.75) is 58.7 Å². The van der Waals surface area contributed by atoms with Gasteiger partial charge in [0.05, 0.1) is 13.2 Å². The molecule has 120 valence electrons. The molecule has 3 unspecified atom stereocenters. The molecule has 1 rings (SSSR count). The first kappa shape index (κ1) is 17.9. The van der Waals surface area contributed by atoms with Gasteiger partial charge in [-0.05, 0) is 31.7 Å². The largest absolute Gasteiger partial charge is 0.383 e. The van der Waals surface area contributed by atoms with Crippen molar-refractivity contribution in [3.8, 4) is 0 Å². The zero-order valence-electron chi connectivity index (χ0n) is 14.2. The lowest BCUT2D eigenvalue weighted by molar-refractivity contribution is 0.0345. The summed E-state index contributed by atoms with van der Waals surface area (Å²) in [6, 6.07) is 1.55. The second kappa shape index (κ2) is 8.32. The minimum atomic E-state index is 0.360. The van der Waals surface area contributed by atoms with Gasteiger partial charge < -0.3 is 14.8 Å². The van der Waals surface area contributed by atoms with E-state index in [1.165, 1.54) is 12.8 Å². The lowest BCUT2D eigenvalue weighted by Crippen LogP contribution is -2.55. The van der Waals surface area contributed by atoms with Crippen LogP contribution >= 0.6 is 0 Å². The molecule has 4 heteroatoms. The topological polar surface area (TPSA) is 33.7 Å². The van der Waals surface area contributed by atoms with Gasteiger partial charge in [0.1, 0.15) is 0 Å². The van der Waals surface area contributed by atoms with Gasteiger partial charge >= 0.3 is 0 Å². The SMILES string of the molecule is CCNC1C(N(CCOC)C(C)COC)CCC1(C)C. The van der Waals surface area contributed by atoms with Crippen molar-refractivity contribution in [2.75, 3.05) is 40.5 Å². The molecule has 0 saturated heterocycles. The predicted octanol–water partition coefficient (Wildman–Crippen LogP) is 2.14. The monoisotopic (exact) mass is 286 g/mol. The number of rotatable bonds is 9. The normalized spacial score (nSPS) is 27.1. The Balaban J connectivity index is 2.82. The number of ether oxygens (including phenoxy) is 2. The summed E-state index contributed by atoms with van der Waals surface area (Å²) in [4.78, 5) is 2.58. The Labute approximate surface area is 125 Å². The Hall–Kier alpha value is -0.160. The van der Waals surface area contributed by atoms with Crippen molar-refractivity contribution >= 4 is 0 Å². The number of hydrogen-bond acceptors (Lipinski definition) is 4. The van der Waals surface area contributed by atoms with Crippen molar-refractivity contribution in [1.29, 1.82) is 0 Å². The van der Waals surface area contributed by atoms with Crippen LogP contribution < -0.4 is 5.32 Å². The fourth-order valence-corrected chi connectivity index (χ4v) is 3.60. The van der Waals surface area contributed by atoms with Gasteiger partial charge in [0.15, 0.2) is 0 Å². The third kappa shape index (κ3) is 4.42. The van der Waals surface area contributed by atoms with Crippen molar-refractivity contribution in [3.05, 3.63) is 0 Å². The Morgan fingerprint density at radius 2 is 2.00 bits per heavy atom.